The van der Waals surface area contributed by atoms with Crippen LogP contribution in [0.2, 0.25) is 0 Å². The Balaban J connectivity index is 2.90. The first-order valence-electron chi connectivity index (χ1n) is 6.21. The smallest absolute Gasteiger partial charge is 0.257 e. The second-order valence-corrected chi connectivity index (χ2v) is 4.60. The summed E-state index contributed by atoms with van der Waals surface area (Å²) in [5.74, 6) is 3.40. The van der Waals surface area contributed by atoms with E-state index in [9.17, 15) is 14.0 Å². The van der Waals surface area contributed by atoms with Crippen LogP contribution >= 0.6 is 0 Å². The van der Waals surface area contributed by atoms with Gasteiger partial charge in [-0.05, 0) is 18.2 Å². The van der Waals surface area contributed by atoms with Gasteiger partial charge in [0.05, 0.1) is 12.1 Å². The summed E-state index contributed by atoms with van der Waals surface area (Å²) in [5, 5.41) is 8.58. The number of benzene rings is 1. The van der Waals surface area contributed by atoms with Crippen LogP contribution in [0.25, 0.3) is 0 Å². The molecule has 0 spiro atoms. The molecule has 1 rings (SSSR count). The molecule has 1 aromatic rings. The minimum absolute atomic E-state index is 0.126. The van der Waals surface area contributed by atoms with Crippen molar-refractivity contribution in [2.24, 2.45) is 0 Å². The summed E-state index contributed by atoms with van der Waals surface area (Å²) in [4.78, 5) is 26.1. The van der Waals surface area contributed by atoms with Gasteiger partial charge in [0.25, 0.3) is 5.91 Å². The number of aliphatic hydroxyl groups excluding tert-OH is 1. The Hall–Kier alpha value is -2.39. The fraction of sp³-hybridized carbons (Fsp3) is 0.333. The average Bonchev–Trinajstić information content (AvgIpc) is 2.44. The van der Waals surface area contributed by atoms with Crippen molar-refractivity contribution in [2.75, 3.05) is 34.3 Å². The first-order chi connectivity index (χ1) is 9.86. The zero-order valence-corrected chi connectivity index (χ0v) is 12.2. The lowest BCUT2D eigenvalue weighted by molar-refractivity contribution is -0.129. The Morgan fingerprint density at radius 3 is 2.48 bits per heavy atom. The van der Waals surface area contributed by atoms with Crippen LogP contribution in [0, 0.1) is 17.7 Å². The summed E-state index contributed by atoms with van der Waals surface area (Å²) in [6.07, 6.45) is 0. The lowest BCUT2D eigenvalue weighted by Crippen LogP contribution is -2.38. The maximum atomic E-state index is 13.9. The van der Waals surface area contributed by atoms with Gasteiger partial charge in [-0.15, -0.1) is 0 Å². The highest BCUT2D eigenvalue weighted by Crippen LogP contribution is 2.12. The molecule has 0 radical (unpaired) electrons. The van der Waals surface area contributed by atoms with E-state index in [0.717, 1.165) is 11.0 Å². The SMILES string of the molecule is CN(C)C(=O)CN(C)C(=O)c1ccc(C#CCO)cc1F. The van der Waals surface area contributed by atoms with E-state index in [1.54, 1.807) is 14.1 Å². The highest BCUT2D eigenvalue weighted by atomic mass is 19.1. The monoisotopic (exact) mass is 292 g/mol. The fourth-order valence-corrected chi connectivity index (χ4v) is 1.53. The molecule has 2 amide bonds. The summed E-state index contributed by atoms with van der Waals surface area (Å²) >= 11 is 0. The predicted octanol–water partition coefficient (Wildman–Crippen LogP) is 0.330. The van der Waals surface area contributed by atoms with Crippen LogP contribution in [0.5, 0.6) is 0 Å². The number of carbonyl (C=O) groups excluding carboxylic acids is 2. The van der Waals surface area contributed by atoms with Gasteiger partial charge in [-0.3, -0.25) is 9.59 Å². The Morgan fingerprint density at radius 1 is 1.29 bits per heavy atom. The van der Waals surface area contributed by atoms with Crippen molar-refractivity contribution in [2.45, 2.75) is 0 Å². The normalized spacial score (nSPS) is 9.57. The Kier molecular flexibility index (Phi) is 5.88. The molecule has 0 heterocycles. The Labute approximate surface area is 123 Å². The number of likely N-dealkylation sites (N-methyl/N-ethyl adjacent to an activating group) is 2. The number of rotatable bonds is 3. The molecule has 0 saturated heterocycles. The van der Waals surface area contributed by atoms with E-state index in [0.29, 0.717) is 5.56 Å². The number of amides is 2. The molecule has 0 bridgehead atoms. The summed E-state index contributed by atoms with van der Waals surface area (Å²) in [6, 6.07) is 3.92. The highest BCUT2D eigenvalue weighted by molar-refractivity contribution is 5.96. The van der Waals surface area contributed by atoms with Crippen LogP contribution in [0.1, 0.15) is 15.9 Å². The lowest BCUT2D eigenvalue weighted by Gasteiger charge is -2.19. The highest BCUT2D eigenvalue weighted by Gasteiger charge is 2.19. The van der Waals surface area contributed by atoms with Gasteiger partial charge < -0.3 is 14.9 Å². The average molecular weight is 292 g/mol. The second kappa shape index (κ2) is 7.41. The molecular weight excluding hydrogens is 275 g/mol. The summed E-state index contributed by atoms with van der Waals surface area (Å²) in [7, 11) is 4.59. The third kappa shape index (κ3) is 4.58. The van der Waals surface area contributed by atoms with Gasteiger partial charge in [-0.2, -0.15) is 0 Å². The molecule has 0 aliphatic carbocycles. The first-order valence-corrected chi connectivity index (χ1v) is 6.21. The largest absolute Gasteiger partial charge is 0.384 e. The summed E-state index contributed by atoms with van der Waals surface area (Å²) in [6.45, 7) is -0.449. The number of carbonyl (C=O) groups is 2. The standard InChI is InChI=1S/C15H17FN2O3/c1-17(2)14(20)10-18(3)15(21)12-7-6-11(5-4-8-19)9-13(12)16/h6-7,9,19H,8,10H2,1-3H3. The van der Waals surface area contributed by atoms with E-state index in [2.05, 4.69) is 11.8 Å². The topological polar surface area (TPSA) is 60.9 Å². The quantitative estimate of drug-likeness (QED) is 0.817. The third-order valence-electron chi connectivity index (χ3n) is 2.73. The number of hydrogen-bond donors (Lipinski definition) is 1. The van der Waals surface area contributed by atoms with E-state index in [4.69, 9.17) is 5.11 Å². The van der Waals surface area contributed by atoms with Gasteiger partial charge in [0, 0.05) is 26.7 Å². The minimum Gasteiger partial charge on any atom is -0.384 e. The molecule has 0 unspecified atom stereocenters. The molecule has 1 aromatic carbocycles. The van der Waals surface area contributed by atoms with Crippen LogP contribution in [0.3, 0.4) is 0 Å². The molecule has 6 heteroatoms. The molecule has 112 valence electrons. The number of nitrogens with zero attached hydrogens (tertiary/aromatic N) is 2. The molecule has 0 aliphatic heterocycles. The molecular formula is C15H17FN2O3. The first kappa shape index (κ1) is 16.7. The van der Waals surface area contributed by atoms with E-state index < -0.39 is 11.7 Å². The lowest BCUT2D eigenvalue weighted by atomic mass is 10.1. The van der Waals surface area contributed by atoms with Gasteiger partial charge in [0.15, 0.2) is 0 Å². The molecule has 0 aliphatic rings. The number of hydrogen-bond acceptors (Lipinski definition) is 3. The molecule has 0 aromatic heterocycles. The predicted molar refractivity (Wildman–Crippen MR) is 76.0 cm³/mol. The Morgan fingerprint density at radius 2 is 1.95 bits per heavy atom. The fourth-order valence-electron chi connectivity index (χ4n) is 1.53. The van der Waals surface area contributed by atoms with E-state index in [1.165, 1.54) is 24.1 Å². The van der Waals surface area contributed by atoms with E-state index >= 15 is 0 Å². The van der Waals surface area contributed by atoms with Gasteiger partial charge in [-0.1, -0.05) is 11.8 Å². The summed E-state index contributed by atoms with van der Waals surface area (Å²) < 4.78 is 13.9. The molecule has 0 atom stereocenters. The number of aliphatic hydroxyl groups is 1. The van der Waals surface area contributed by atoms with E-state index in [1.807, 2.05) is 0 Å². The van der Waals surface area contributed by atoms with Gasteiger partial charge >= 0.3 is 0 Å². The molecule has 1 N–H and O–H groups in total. The zero-order chi connectivity index (χ0) is 16.0. The molecule has 21 heavy (non-hydrogen) atoms. The van der Waals surface area contributed by atoms with Crippen molar-refractivity contribution in [1.29, 1.82) is 0 Å². The van der Waals surface area contributed by atoms with Crippen LogP contribution in [-0.4, -0.2) is 61.0 Å². The van der Waals surface area contributed by atoms with Crippen molar-refractivity contribution in [1.82, 2.24) is 9.80 Å². The van der Waals surface area contributed by atoms with Crippen molar-refractivity contribution >= 4 is 11.8 Å². The Bertz CT molecular complexity index is 603. The third-order valence-corrected chi connectivity index (χ3v) is 2.73. The molecule has 0 fully saturated rings. The van der Waals surface area contributed by atoms with Crippen LogP contribution in [0.15, 0.2) is 18.2 Å². The van der Waals surface area contributed by atoms with Crippen molar-refractivity contribution in [3.8, 4) is 11.8 Å². The summed E-state index contributed by atoms with van der Waals surface area (Å²) in [5.41, 5.74) is 0.240. The molecule has 5 nitrogen and oxygen atoms in total. The van der Waals surface area contributed by atoms with Crippen molar-refractivity contribution in [3.63, 3.8) is 0 Å². The van der Waals surface area contributed by atoms with Gasteiger partial charge in [0.1, 0.15) is 12.4 Å². The molecule has 0 saturated carbocycles. The van der Waals surface area contributed by atoms with Crippen molar-refractivity contribution < 1.29 is 19.1 Å². The van der Waals surface area contributed by atoms with E-state index in [-0.39, 0.29) is 24.6 Å². The van der Waals surface area contributed by atoms with Gasteiger partial charge in [-0.25, -0.2) is 4.39 Å². The minimum atomic E-state index is -0.714. The maximum Gasteiger partial charge on any atom is 0.257 e. The number of halogens is 1. The van der Waals surface area contributed by atoms with Crippen LogP contribution < -0.4 is 0 Å². The zero-order valence-electron chi connectivity index (χ0n) is 12.2. The van der Waals surface area contributed by atoms with Crippen LogP contribution in [-0.2, 0) is 4.79 Å². The maximum absolute atomic E-state index is 13.9. The van der Waals surface area contributed by atoms with Crippen molar-refractivity contribution in [3.05, 3.63) is 35.1 Å². The van der Waals surface area contributed by atoms with Gasteiger partial charge in [0.2, 0.25) is 5.91 Å². The second-order valence-electron chi connectivity index (χ2n) is 4.60. The van der Waals surface area contributed by atoms with Crippen LogP contribution in [0.4, 0.5) is 4.39 Å².